The molecule has 0 aliphatic heterocycles. The van der Waals surface area contributed by atoms with Gasteiger partial charge in [0.2, 0.25) is 0 Å². The molecule has 0 saturated carbocycles. The molecule has 1 atom stereocenters. The first-order chi connectivity index (χ1) is 8.29. The summed E-state index contributed by atoms with van der Waals surface area (Å²) in [6.45, 7) is 9.47. The summed E-state index contributed by atoms with van der Waals surface area (Å²) in [5.41, 5.74) is 0. The van der Waals surface area contributed by atoms with Gasteiger partial charge in [-0.25, -0.2) is 0 Å². The van der Waals surface area contributed by atoms with Gasteiger partial charge >= 0.3 is 0 Å². The first kappa shape index (κ1) is 17.8. The zero-order chi connectivity index (χ0) is 14.2. The Kier molecular flexibility index (Phi) is 8.77. The molecule has 18 heavy (non-hydrogen) atoms. The lowest BCUT2D eigenvalue weighted by Gasteiger charge is -2.21. The highest BCUT2D eigenvalue weighted by molar-refractivity contribution is 7.87. The second-order valence-corrected chi connectivity index (χ2v) is 6.91. The Hall–Kier alpha value is -0.170. The van der Waals surface area contributed by atoms with Gasteiger partial charge in [0.15, 0.2) is 0 Å². The van der Waals surface area contributed by atoms with Crippen LogP contribution in [0.25, 0.3) is 0 Å². The summed E-state index contributed by atoms with van der Waals surface area (Å²) in [7, 11) is -1.71. The van der Waals surface area contributed by atoms with E-state index in [4.69, 9.17) is 0 Å². The Labute approximate surface area is 113 Å². The first-order valence-corrected chi connectivity index (χ1v) is 8.20. The molecule has 5 nitrogen and oxygen atoms in total. The molecule has 1 unspecified atom stereocenters. The lowest BCUT2D eigenvalue weighted by Crippen LogP contribution is -2.43. The standard InChI is InChI=1S/C12H29N3O2S/c1-6-8-12(4)14-18(16,17)15(5)10-7-9-13-11(2)3/h11-14H,6-10H2,1-5H3. The van der Waals surface area contributed by atoms with Crippen LogP contribution in [0.1, 0.15) is 47.0 Å². The molecule has 2 N–H and O–H groups in total. The van der Waals surface area contributed by atoms with E-state index in [1.807, 2.05) is 13.8 Å². The summed E-state index contributed by atoms with van der Waals surface area (Å²) >= 11 is 0. The van der Waals surface area contributed by atoms with Crippen LogP contribution in [0.3, 0.4) is 0 Å². The van der Waals surface area contributed by atoms with Crippen molar-refractivity contribution in [1.82, 2.24) is 14.3 Å². The van der Waals surface area contributed by atoms with Gasteiger partial charge in [0.1, 0.15) is 0 Å². The summed E-state index contributed by atoms with van der Waals surface area (Å²) in [5, 5.41) is 3.27. The molecule has 0 amide bonds. The summed E-state index contributed by atoms with van der Waals surface area (Å²) in [6, 6.07) is 0.436. The van der Waals surface area contributed by atoms with E-state index >= 15 is 0 Å². The number of nitrogens with one attached hydrogen (secondary N) is 2. The summed E-state index contributed by atoms with van der Waals surface area (Å²) in [5.74, 6) is 0. The monoisotopic (exact) mass is 279 g/mol. The first-order valence-electron chi connectivity index (χ1n) is 6.76. The molecule has 6 heteroatoms. The smallest absolute Gasteiger partial charge is 0.279 e. The molecule has 0 aromatic carbocycles. The summed E-state index contributed by atoms with van der Waals surface area (Å²) in [4.78, 5) is 0. The average Bonchev–Trinajstić information content (AvgIpc) is 2.23. The molecule has 0 aromatic heterocycles. The number of rotatable bonds is 10. The zero-order valence-electron chi connectivity index (χ0n) is 12.4. The van der Waals surface area contributed by atoms with Gasteiger partial charge in [-0.3, -0.25) is 0 Å². The molecule has 0 spiro atoms. The van der Waals surface area contributed by atoms with Crippen LogP contribution in [0.4, 0.5) is 0 Å². The largest absolute Gasteiger partial charge is 0.314 e. The molecule has 0 radical (unpaired) electrons. The molecule has 0 rings (SSSR count). The van der Waals surface area contributed by atoms with Crippen molar-refractivity contribution in [3.63, 3.8) is 0 Å². The second kappa shape index (κ2) is 8.85. The fraction of sp³-hybridized carbons (Fsp3) is 1.00. The highest BCUT2D eigenvalue weighted by Crippen LogP contribution is 2.01. The third-order valence-electron chi connectivity index (χ3n) is 2.68. The van der Waals surface area contributed by atoms with Gasteiger partial charge in [-0.15, -0.1) is 0 Å². The van der Waals surface area contributed by atoms with E-state index in [2.05, 4.69) is 23.9 Å². The van der Waals surface area contributed by atoms with E-state index in [0.717, 1.165) is 25.8 Å². The Bertz CT molecular complexity index is 304. The van der Waals surface area contributed by atoms with Crippen molar-refractivity contribution in [2.24, 2.45) is 0 Å². The lowest BCUT2D eigenvalue weighted by molar-refractivity contribution is 0.429. The third-order valence-corrected chi connectivity index (χ3v) is 4.39. The molecule has 0 saturated heterocycles. The number of hydrogen-bond donors (Lipinski definition) is 2. The molecule has 0 fully saturated rings. The maximum atomic E-state index is 11.9. The minimum atomic E-state index is -3.33. The third kappa shape index (κ3) is 8.02. The van der Waals surface area contributed by atoms with E-state index in [-0.39, 0.29) is 6.04 Å². The Balaban J connectivity index is 4.02. The number of hydrogen-bond acceptors (Lipinski definition) is 3. The molecule has 0 aliphatic carbocycles. The van der Waals surface area contributed by atoms with Gasteiger partial charge in [0.05, 0.1) is 0 Å². The van der Waals surface area contributed by atoms with E-state index in [0.29, 0.717) is 12.6 Å². The van der Waals surface area contributed by atoms with Gasteiger partial charge in [-0.05, 0) is 26.3 Å². The van der Waals surface area contributed by atoms with Crippen molar-refractivity contribution in [1.29, 1.82) is 0 Å². The van der Waals surface area contributed by atoms with Crippen molar-refractivity contribution in [3.8, 4) is 0 Å². The lowest BCUT2D eigenvalue weighted by atomic mass is 10.2. The Morgan fingerprint density at radius 2 is 1.83 bits per heavy atom. The molecular formula is C12H29N3O2S. The van der Waals surface area contributed by atoms with E-state index < -0.39 is 10.2 Å². The van der Waals surface area contributed by atoms with Crippen molar-refractivity contribution in [2.75, 3.05) is 20.1 Å². The van der Waals surface area contributed by atoms with Crippen molar-refractivity contribution < 1.29 is 8.42 Å². The second-order valence-electron chi connectivity index (χ2n) is 5.10. The van der Waals surface area contributed by atoms with E-state index in [9.17, 15) is 8.42 Å². The predicted molar refractivity (Wildman–Crippen MR) is 76.8 cm³/mol. The highest BCUT2D eigenvalue weighted by atomic mass is 32.2. The molecule has 0 aliphatic rings. The average molecular weight is 279 g/mol. The van der Waals surface area contributed by atoms with Gasteiger partial charge < -0.3 is 5.32 Å². The van der Waals surface area contributed by atoms with Gasteiger partial charge in [-0.1, -0.05) is 27.2 Å². The van der Waals surface area contributed by atoms with Crippen LogP contribution in [-0.4, -0.2) is 44.9 Å². The SMILES string of the molecule is CCCC(C)NS(=O)(=O)N(C)CCCNC(C)C. The zero-order valence-corrected chi connectivity index (χ0v) is 13.2. The van der Waals surface area contributed by atoms with E-state index in [1.165, 1.54) is 4.31 Å². The highest BCUT2D eigenvalue weighted by Gasteiger charge is 2.19. The normalized spacial score (nSPS) is 14.4. The van der Waals surface area contributed by atoms with Crippen LogP contribution in [0.2, 0.25) is 0 Å². The molecular weight excluding hydrogens is 250 g/mol. The van der Waals surface area contributed by atoms with Crippen LogP contribution in [-0.2, 0) is 10.2 Å². The molecule has 0 aromatic rings. The molecule has 110 valence electrons. The van der Waals surface area contributed by atoms with Crippen molar-refractivity contribution in [2.45, 2.75) is 59.0 Å². The molecule has 0 heterocycles. The van der Waals surface area contributed by atoms with Crippen LogP contribution in [0.5, 0.6) is 0 Å². The minimum absolute atomic E-state index is 0.00348. The minimum Gasteiger partial charge on any atom is -0.314 e. The Morgan fingerprint density at radius 1 is 1.22 bits per heavy atom. The van der Waals surface area contributed by atoms with Crippen LogP contribution in [0.15, 0.2) is 0 Å². The van der Waals surface area contributed by atoms with Crippen molar-refractivity contribution in [3.05, 3.63) is 0 Å². The topological polar surface area (TPSA) is 61.4 Å². The fourth-order valence-corrected chi connectivity index (χ4v) is 2.82. The summed E-state index contributed by atoms with van der Waals surface area (Å²) in [6.07, 6.45) is 2.66. The quantitative estimate of drug-likeness (QED) is 0.593. The predicted octanol–water partition coefficient (Wildman–Crippen LogP) is 1.33. The Morgan fingerprint density at radius 3 is 2.33 bits per heavy atom. The van der Waals surface area contributed by atoms with Gasteiger partial charge in [-0.2, -0.15) is 17.4 Å². The number of nitrogens with zero attached hydrogens (tertiary/aromatic N) is 1. The van der Waals surface area contributed by atoms with Crippen LogP contribution in [0, 0.1) is 0 Å². The van der Waals surface area contributed by atoms with Crippen LogP contribution >= 0.6 is 0 Å². The van der Waals surface area contributed by atoms with E-state index in [1.54, 1.807) is 7.05 Å². The summed E-state index contributed by atoms with van der Waals surface area (Å²) < 4.78 is 28.0. The maximum Gasteiger partial charge on any atom is 0.279 e. The van der Waals surface area contributed by atoms with Crippen LogP contribution < -0.4 is 10.0 Å². The maximum absolute atomic E-state index is 11.9. The van der Waals surface area contributed by atoms with Crippen molar-refractivity contribution >= 4 is 10.2 Å². The van der Waals surface area contributed by atoms with Gasteiger partial charge in [0, 0.05) is 25.7 Å². The fourth-order valence-electron chi connectivity index (χ4n) is 1.65. The van der Waals surface area contributed by atoms with Gasteiger partial charge in [0.25, 0.3) is 10.2 Å². The molecule has 0 bridgehead atoms.